The molecule has 5 nitrogen and oxygen atoms in total. The number of hydrogen-bond donors (Lipinski definition) is 1. The van der Waals surface area contributed by atoms with Gasteiger partial charge in [-0.15, -0.1) is 0 Å². The number of carbonyl (C=O) groups excluding carboxylic acids is 1. The average molecular weight is 340 g/mol. The highest BCUT2D eigenvalue weighted by Crippen LogP contribution is 2.27. The van der Waals surface area contributed by atoms with Crippen molar-refractivity contribution in [2.75, 3.05) is 13.1 Å². The number of amides is 1. The van der Waals surface area contributed by atoms with Crippen LogP contribution in [-0.4, -0.2) is 37.8 Å². The van der Waals surface area contributed by atoms with Crippen LogP contribution in [0.1, 0.15) is 31.2 Å². The largest absolute Gasteiger partial charge is 0.353 e. The van der Waals surface area contributed by atoms with Gasteiger partial charge in [0.05, 0.1) is 10.8 Å². The summed E-state index contributed by atoms with van der Waals surface area (Å²) in [6.07, 6.45) is 3.33. The molecule has 1 aliphatic carbocycles. The van der Waals surface area contributed by atoms with Crippen LogP contribution in [-0.2, 0) is 14.8 Å². The summed E-state index contributed by atoms with van der Waals surface area (Å²) in [6.45, 7) is 2.18. The zero-order chi connectivity index (χ0) is 16.6. The van der Waals surface area contributed by atoms with E-state index in [1.54, 1.807) is 6.92 Å². The molecule has 1 N–H and O–H groups in total. The fourth-order valence-corrected chi connectivity index (χ4v) is 4.67. The van der Waals surface area contributed by atoms with E-state index in [4.69, 9.17) is 0 Å². The van der Waals surface area contributed by atoms with Crippen LogP contribution in [0.15, 0.2) is 23.1 Å². The van der Waals surface area contributed by atoms with Gasteiger partial charge in [-0.1, -0.05) is 6.07 Å². The Labute approximate surface area is 135 Å². The van der Waals surface area contributed by atoms with Gasteiger partial charge >= 0.3 is 0 Å². The van der Waals surface area contributed by atoms with Crippen molar-refractivity contribution in [3.63, 3.8) is 0 Å². The van der Waals surface area contributed by atoms with Gasteiger partial charge in [0.2, 0.25) is 15.9 Å². The summed E-state index contributed by atoms with van der Waals surface area (Å²) in [7, 11) is -3.78. The molecule has 0 bridgehead atoms. The molecule has 0 aromatic heterocycles. The Kier molecular flexibility index (Phi) is 4.42. The highest BCUT2D eigenvalue weighted by Gasteiger charge is 2.35. The van der Waals surface area contributed by atoms with E-state index in [2.05, 4.69) is 5.32 Å². The first-order valence-corrected chi connectivity index (χ1v) is 9.38. The van der Waals surface area contributed by atoms with Crippen LogP contribution in [0.25, 0.3) is 0 Å². The Bertz CT molecular complexity index is 716. The second-order valence-electron chi connectivity index (χ2n) is 6.39. The fraction of sp³-hybridized carbons (Fsp3) is 0.562. The molecule has 2 aliphatic rings. The van der Waals surface area contributed by atoms with E-state index in [-0.39, 0.29) is 29.3 Å². The summed E-state index contributed by atoms with van der Waals surface area (Å²) >= 11 is 0. The van der Waals surface area contributed by atoms with Gasteiger partial charge in [-0.05, 0) is 50.3 Å². The van der Waals surface area contributed by atoms with Crippen molar-refractivity contribution < 1.29 is 17.6 Å². The highest BCUT2D eigenvalue weighted by atomic mass is 32.2. The molecule has 1 heterocycles. The first kappa shape index (κ1) is 16.4. The normalized spacial score (nSPS) is 22.8. The topological polar surface area (TPSA) is 66.5 Å². The van der Waals surface area contributed by atoms with Crippen LogP contribution in [0, 0.1) is 18.7 Å². The van der Waals surface area contributed by atoms with E-state index in [0.717, 1.165) is 18.9 Å². The third-order valence-electron chi connectivity index (χ3n) is 4.45. The minimum Gasteiger partial charge on any atom is -0.353 e. The molecule has 7 heteroatoms. The van der Waals surface area contributed by atoms with Crippen LogP contribution >= 0.6 is 0 Å². The smallest absolute Gasteiger partial charge is 0.243 e. The molecular formula is C16H21FN2O3S. The molecule has 23 heavy (non-hydrogen) atoms. The van der Waals surface area contributed by atoms with Crippen molar-refractivity contribution in [2.45, 2.75) is 43.5 Å². The lowest BCUT2D eigenvalue weighted by Crippen LogP contribution is -2.45. The SMILES string of the molecule is Cc1ccc(F)cc1S(=O)(=O)N1CCCC(C(=O)NC2CC2)C1. The van der Waals surface area contributed by atoms with Crippen molar-refractivity contribution in [1.29, 1.82) is 0 Å². The average Bonchev–Trinajstić information content (AvgIpc) is 3.33. The molecule has 0 radical (unpaired) electrons. The van der Waals surface area contributed by atoms with Crippen molar-refractivity contribution in [3.8, 4) is 0 Å². The number of nitrogens with zero attached hydrogens (tertiary/aromatic N) is 1. The van der Waals surface area contributed by atoms with Gasteiger partial charge in [-0.3, -0.25) is 4.79 Å². The third kappa shape index (κ3) is 3.55. The number of piperidine rings is 1. The second-order valence-corrected chi connectivity index (χ2v) is 8.30. The van der Waals surface area contributed by atoms with Gasteiger partial charge < -0.3 is 5.32 Å². The maximum atomic E-state index is 13.5. The van der Waals surface area contributed by atoms with Gasteiger partial charge in [0.15, 0.2) is 0 Å². The Morgan fingerprint density at radius 2 is 2.04 bits per heavy atom. The van der Waals surface area contributed by atoms with Crippen LogP contribution in [0.2, 0.25) is 0 Å². The number of hydrogen-bond acceptors (Lipinski definition) is 3. The van der Waals surface area contributed by atoms with Crippen LogP contribution in [0.3, 0.4) is 0 Å². The lowest BCUT2D eigenvalue weighted by Gasteiger charge is -2.31. The Hall–Kier alpha value is -1.47. The van der Waals surface area contributed by atoms with Crippen molar-refractivity contribution in [3.05, 3.63) is 29.6 Å². The quantitative estimate of drug-likeness (QED) is 0.909. The van der Waals surface area contributed by atoms with Crippen molar-refractivity contribution >= 4 is 15.9 Å². The number of rotatable bonds is 4. The van der Waals surface area contributed by atoms with Crippen LogP contribution in [0.5, 0.6) is 0 Å². The summed E-state index contributed by atoms with van der Waals surface area (Å²) < 4.78 is 40.3. The van der Waals surface area contributed by atoms with Crippen molar-refractivity contribution in [2.24, 2.45) is 5.92 Å². The standard InChI is InChI=1S/C16H21FN2O3S/c1-11-4-5-13(17)9-15(11)23(21,22)19-8-2-3-12(10-19)16(20)18-14-6-7-14/h4-5,9,12,14H,2-3,6-8,10H2,1H3,(H,18,20). The molecule has 1 aliphatic heterocycles. The summed E-state index contributed by atoms with van der Waals surface area (Å²) in [6, 6.07) is 4.03. The molecule has 1 unspecified atom stereocenters. The molecule has 1 amide bonds. The number of benzene rings is 1. The van der Waals surface area contributed by atoms with E-state index in [9.17, 15) is 17.6 Å². The molecule has 126 valence electrons. The van der Waals surface area contributed by atoms with Crippen LogP contribution < -0.4 is 5.32 Å². The zero-order valence-corrected chi connectivity index (χ0v) is 13.9. The number of carbonyl (C=O) groups is 1. The number of nitrogens with one attached hydrogen (secondary N) is 1. The lowest BCUT2D eigenvalue weighted by molar-refractivity contribution is -0.126. The third-order valence-corrected chi connectivity index (χ3v) is 6.45. The number of aryl methyl sites for hydroxylation is 1. The predicted molar refractivity (Wildman–Crippen MR) is 83.8 cm³/mol. The highest BCUT2D eigenvalue weighted by molar-refractivity contribution is 7.89. The molecule has 1 saturated carbocycles. The molecule has 1 atom stereocenters. The summed E-state index contributed by atoms with van der Waals surface area (Å²) in [5, 5.41) is 2.94. The Morgan fingerprint density at radius 1 is 1.30 bits per heavy atom. The molecule has 1 aromatic rings. The van der Waals surface area contributed by atoms with Gasteiger partial charge in [0.25, 0.3) is 0 Å². The lowest BCUT2D eigenvalue weighted by atomic mass is 9.99. The molecule has 1 saturated heterocycles. The first-order valence-electron chi connectivity index (χ1n) is 7.94. The maximum absolute atomic E-state index is 13.5. The number of halogens is 1. The van der Waals surface area contributed by atoms with E-state index in [1.807, 2.05) is 0 Å². The predicted octanol–water partition coefficient (Wildman–Crippen LogP) is 1.81. The van der Waals surface area contributed by atoms with E-state index < -0.39 is 15.8 Å². The van der Waals surface area contributed by atoms with Crippen LogP contribution in [0.4, 0.5) is 4.39 Å². The van der Waals surface area contributed by atoms with Gasteiger partial charge in [0, 0.05) is 19.1 Å². The summed E-state index contributed by atoms with van der Waals surface area (Å²) in [5.74, 6) is -0.967. The summed E-state index contributed by atoms with van der Waals surface area (Å²) in [4.78, 5) is 12.2. The van der Waals surface area contributed by atoms with Gasteiger partial charge in [-0.2, -0.15) is 4.31 Å². The number of sulfonamides is 1. The van der Waals surface area contributed by atoms with E-state index in [0.29, 0.717) is 24.9 Å². The minimum absolute atomic E-state index is 0.0132. The van der Waals surface area contributed by atoms with E-state index in [1.165, 1.54) is 16.4 Å². The van der Waals surface area contributed by atoms with E-state index >= 15 is 0 Å². The Morgan fingerprint density at radius 3 is 2.74 bits per heavy atom. The maximum Gasteiger partial charge on any atom is 0.243 e. The monoisotopic (exact) mass is 340 g/mol. The van der Waals surface area contributed by atoms with Gasteiger partial charge in [0.1, 0.15) is 5.82 Å². The molecule has 2 fully saturated rings. The molecule has 0 spiro atoms. The fourth-order valence-electron chi connectivity index (χ4n) is 2.91. The first-order chi connectivity index (χ1) is 10.9. The molecule has 1 aromatic carbocycles. The second kappa shape index (κ2) is 6.20. The van der Waals surface area contributed by atoms with Crippen molar-refractivity contribution in [1.82, 2.24) is 9.62 Å². The molecule has 3 rings (SSSR count). The van der Waals surface area contributed by atoms with Gasteiger partial charge in [-0.25, -0.2) is 12.8 Å². The molecular weight excluding hydrogens is 319 g/mol. The Balaban J connectivity index is 1.79. The summed E-state index contributed by atoms with van der Waals surface area (Å²) in [5.41, 5.74) is 0.510. The minimum atomic E-state index is -3.78. The zero-order valence-electron chi connectivity index (χ0n) is 13.1.